The van der Waals surface area contributed by atoms with Crippen molar-refractivity contribution in [2.75, 3.05) is 0 Å². The number of alkyl halides is 3. The molecule has 0 fully saturated rings. The van der Waals surface area contributed by atoms with E-state index >= 15 is 0 Å². The van der Waals surface area contributed by atoms with Crippen molar-refractivity contribution in [2.45, 2.75) is 63.6 Å². The zero-order chi connectivity index (χ0) is 17.8. The number of hydrogen-bond acceptors (Lipinski definition) is 4. The maximum atomic E-state index is 12.5. The molecule has 4 N–H and O–H groups in total. The predicted octanol–water partition coefficient (Wildman–Crippen LogP) is 1.35. The van der Waals surface area contributed by atoms with E-state index in [1.807, 2.05) is 19.2 Å². The van der Waals surface area contributed by atoms with Crippen LogP contribution in [-0.4, -0.2) is 47.5 Å². The summed E-state index contributed by atoms with van der Waals surface area (Å²) < 4.78 is 43.0. The van der Waals surface area contributed by atoms with E-state index < -0.39 is 36.2 Å². The van der Waals surface area contributed by atoms with E-state index in [4.69, 9.17) is 15.6 Å². The van der Waals surface area contributed by atoms with Gasteiger partial charge in [0.25, 0.3) is 0 Å². The SMILES string of the molecule is CCC(CC)O[C@@H]1C=C(C(=O)O)C[C@H](N)[C@H]1NC(=O)C(F)(F)F. The molecule has 0 saturated carbocycles. The first-order valence-electron chi connectivity index (χ1n) is 7.32. The second-order valence-corrected chi connectivity index (χ2v) is 5.40. The maximum Gasteiger partial charge on any atom is 0.471 e. The van der Waals surface area contributed by atoms with Crippen LogP contribution in [-0.2, 0) is 14.3 Å². The van der Waals surface area contributed by atoms with E-state index in [0.29, 0.717) is 12.8 Å². The van der Waals surface area contributed by atoms with Gasteiger partial charge in [-0.15, -0.1) is 0 Å². The first kappa shape index (κ1) is 19.4. The molecule has 0 aromatic heterocycles. The Morgan fingerprint density at radius 3 is 2.43 bits per heavy atom. The molecule has 9 heteroatoms. The van der Waals surface area contributed by atoms with Crippen molar-refractivity contribution in [3.8, 4) is 0 Å². The van der Waals surface area contributed by atoms with Crippen LogP contribution in [0.15, 0.2) is 11.6 Å². The fourth-order valence-electron chi connectivity index (χ4n) is 2.40. The number of rotatable bonds is 6. The summed E-state index contributed by atoms with van der Waals surface area (Å²) in [7, 11) is 0. The second kappa shape index (κ2) is 7.78. The molecule has 1 aliphatic rings. The molecule has 23 heavy (non-hydrogen) atoms. The number of amides is 1. The molecule has 0 aromatic carbocycles. The average Bonchev–Trinajstić information content (AvgIpc) is 2.45. The quantitative estimate of drug-likeness (QED) is 0.678. The van der Waals surface area contributed by atoms with Gasteiger partial charge in [-0.1, -0.05) is 13.8 Å². The molecular formula is C14H21F3N2O4. The van der Waals surface area contributed by atoms with Crippen LogP contribution >= 0.6 is 0 Å². The Morgan fingerprint density at radius 2 is 2.00 bits per heavy atom. The molecule has 0 unspecified atom stereocenters. The number of carboxylic acid groups (broad SMARTS) is 1. The Balaban J connectivity index is 3.03. The van der Waals surface area contributed by atoms with Crippen molar-refractivity contribution in [3.05, 3.63) is 11.6 Å². The normalized spacial score (nSPS) is 25.2. The Kier molecular flexibility index (Phi) is 6.57. The summed E-state index contributed by atoms with van der Waals surface area (Å²) in [5.74, 6) is -3.33. The summed E-state index contributed by atoms with van der Waals surface area (Å²) in [6.07, 6.45) is -4.08. The molecule has 3 atom stereocenters. The van der Waals surface area contributed by atoms with Crippen LogP contribution < -0.4 is 11.1 Å². The fourth-order valence-corrected chi connectivity index (χ4v) is 2.40. The molecule has 1 amide bonds. The lowest BCUT2D eigenvalue weighted by molar-refractivity contribution is -0.175. The maximum absolute atomic E-state index is 12.5. The molecule has 132 valence electrons. The van der Waals surface area contributed by atoms with Crippen molar-refractivity contribution < 1.29 is 32.6 Å². The summed E-state index contributed by atoms with van der Waals surface area (Å²) in [6.45, 7) is 3.67. The van der Waals surface area contributed by atoms with Gasteiger partial charge in [-0.25, -0.2) is 4.79 Å². The highest BCUT2D eigenvalue weighted by Gasteiger charge is 2.43. The van der Waals surface area contributed by atoms with Crippen LogP contribution in [0.5, 0.6) is 0 Å². The zero-order valence-corrected chi connectivity index (χ0v) is 12.9. The molecule has 0 saturated heterocycles. The third-order valence-corrected chi connectivity index (χ3v) is 3.73. The van der Waals surface area contributed by atoms with Crippen LogP contribution in [0.2, 0.25) is 0 Å². The minimum Gasteiger partial charge on any atom is -0.478 e. The number of aliphatic carboxylic acids is 1. The van der Waals surface area contributed by atoms with E-state index in [2.05, 4.69) is 0 Å². The second-order valence-electron chi connectivity index (χ2n) is 5.40. The number of carbonyl (C=O) groups is 2. The van der Waals surface area contributed by atoms with Crippen LogP contribution in [0.4, 0.5) is 13.2 Å². The number of halogens is 3. The standard InChI is InChI=1S/C14H21F3N2O4/c1-3-8(4-2)23-10-6-7(12(20)21)5-9(18)11(10)19-13(22)14(15,16)17/h6,8-11H,3-5,18H2,1-2H3,(H,19,22)(H,20,21)/t9-,10+,11+/m0/s1. The van der Waals surface area contributed by atoms with Gasteiger partial charge in [0.15, 0.2) is 0 Å². The Bertz CT molecular complexity index is 475. The fraction of sp³-hybridized carbons (Fsp3) is 0.714. The lowest BCUT2D eigenvalue weighted by Gasteiger charge is -2.36. The molecular weight excluding hydrogens is 317 g/mol. The van der Waals surface area contributed by atoms with Gasteiger partial charge in [0.1, 0.15) is 0 Å². The Hall–Kier alpha value is -1.61. The lowest BCUT2D eigenvalue weighted by atomic mass is 9.88. The van der Waals surface area contributed by atoms with E-state index in [1.54, 1.807) is 0 Å². The number of nitrogens with one attached hydrogen (secondary N) is 1. The molecule has 0 aliphatic heterocycles. The largest absolute Gasteiger partial charge is 0.478 e. The highest BCUT2D eigenvalue weighted by Crippen LogP contribution is 2.24. The van der Waals surface area contributed by atoms with Crippen molar-refractivity contribution in [1.82, 2.24) is 5.32 Å². The summed E-state index contributed by atoms with van der Waals surface area (Å²) in [6, 6.07) is -2.13. The van der Waals surface area contributed by atoms with Crippen molar-refractivity contribution in [2.24, 2.45) is 5.73 Å². The monoisotopic (exact) mass is 338 g/mol. The first-order chi connectivity index (χ1) is 10.6. The number of carboxylic acids is 1. The van der Waals surface area contributed by atoms with Crippen LogP contribution in [0.1, 0.15) is 33.1 Å². The summed E-state index contributed by atoms with van der Waals surface area (Å²) in [5.41, 5.74) is 5.75. The molecule has 6 nitrogen and oxygen atoms in total. The minimum absolute atomic E-state index is 0.0361. The van der Waals surface area contributed by atoms with Gasteiger partial charge >= 0.3 is 18.1 Å². The topological polar surface area (TPSA) is 102 Å². The smallest absolute Gasteiger partial charge is 0.471 e. The number of hydrogen-bond donors (Lipinski definition) is 3. The zero-order valence-electron chi connectivity index (χ0n) is 12.9. The van der Waals surface area contributed by atoms with Crippen molar-refractivity contribution in [1.29, 1.82) is 0 Å². The highest BCUT2D eigenvalue weighted by molar-refractivity contribution is 5.87. The van der Waals surface area contributed by atoms with E-state index in [-0.39, 0.29) is 18.1 Å². The van der Waals surface area contributed by atoms with Gasteiger partial charge in [0.2, 0.25) is 0 Å². The Morgan fingerprint density at radius 1 is 1.43 bits per heavy atom. The van der Waals surface area contributed by atoms with Crippen LogP contribution in [0.25, 0.3) is 0 Å². The van der Waals surface area contributed by atoms with Gasteiger partial charge in [-0.3, -0.25) is 4.79 Å². The third-order valence-electron chi connectivity index (χ3n) is 3.73. The predicted molar refractivity (Wildman–Crippen MR) is 75.5 cm³/mol. The van der Waals surface area contributed by atoms with Crippen molar-refractivity contribution >= 4 is 11.9 Å². The summed E-state index contributed by atoms with van der Waals surface area (Å²) in [4.78, 5) is 22.3. The molecule has 0 bridgehead atoms. The van der Waals surface area contributed by atoms with E-state index in [1.165, 1.54) is 6.08 Å². The van der Waals surface area contributed by atoms with Gasteiger partial charge in [0.05, 0.1) is 18.2 Å². The van der Waals surface area contributed by atoms with Crippen LogP contribution in [0.3, 0.4) is 0 Å². The first-order valence-corrected chi connectivity index (χ1v) is 7.32. The molecule has 1 aliphatic carbocycles. The number of nitrogens with two attached hydrogens (primary N) is 1. The van der Waals surface area contributed by atoms with E-state index in [0.717, 1.165) is 0 Å². The highest BCUT2D eigenvalue weighted by atomic mass is 19.4. The summed E-state index contributed by atoms with van der Waals surface area (Å²) in [5, 5.41) is 10.9. The summed E-state index contributed by atoms with van der Waals surface area (Å²) >= 11 is 0. The molecule has 1 rings (SSSR count). The lowest BCUT2D eigenvalue weighted by Crippen LogP contribution is -2.59. The molecule has 0 heterocycles. The van der Waals surface area contributed by atoms with Gasteiger partial charge in [0, 0.05) is 11.6 Å². The van der Waals surface area contributed by atoms with E-state index in [9.17, 15) is 22.8 Å². The Labute approximate surface area is 131 Å². The minimum atomic E-state index is -5.05. The molecule has 0 radical (unpaired) electrons. The molecule has 0 spiro atoms. The number of ether oxygens (including phenoxy) is 1. The van der Waals surface area contributed by atoms with Gasteiger partial charge in [-0.05, 0) is 25.3 Å². The molecule has 0 aromatic rings. The van der Waals surface area contributed by atoms with Crippen LogP contribution in [0, 0.1) is 0 Å². The number of carbonyl (C=O) groups excluding carboxylic acids is 1. The van der Waals surface area contributed by atoms with Gasteiger partial charge in [-0.2, -0.15) is 13.2 Å². The average molecular weight is 338 g/mol. The van der Waals surface area contributed by atoms with Crippen molar-refractivity contribution in [3.63, 3.8) is 0 Å². The third kappa shape index (κ3) is 5.21. The van der Waals surface area contributed by atoms with Gasteiger partial charge < -0.3 is 20.9 Å².